The fourth-order valence-electron chi connectivity index (χ4n) is 4.40. The first-order valence-corrected chi connectivity index (χ1v) is 15.7. The van der Waals surface area contributed by atoms with Crippen LogP contribution in [0.15, 0.2) is 71.8 Å². The van der Waals surface area contributed by atoms with E-state index in [0.29, 0.717) is 0 Å². The average Bonchev–Trinajstić information content (AvgIpc) is 3.62. The van der Waals surface area contributed by atoms with Crippen molar-refractivity contribution < 1.29 is 37.4 Å². The SMILES string of the molecule is CC(C)OC(=O)C(C)NP(=O)(OCC1(COCc2ccccc2)CO[C@@H](n2cnc3c(=O)[nH]c(N)nc32)O1)Oc1ccccc1. The molecule has 4 atom stereocenters. The number of hydrogen-bond acceptors (Lipinski definition) is 12. The summed E-state index contributed by atoms with van der Waals surface area (Å²) < 4.78 is 50.9. The van der Waals surface area contributed by atoms with Crippen LogP contribution in [0.2, 0.25) is 0 Å². The van der Waals surface area contributed by atoms with Crippen LogP contribution in [0.4, 0.5) is 5.95 Å². The Morgan fingerprint density at radius 3 is 2.58 bits per heavy atom. The topological polar surface area (TPSA) is 191 Å². The van der Waals surface area contributed by atoms with Gasteiger partial charge in [0.2, 0.25) is 12.4 Å². The smallest absolute Gasteiger partial charge is 0.459 e. The minimum Gasteiger partial charge on any atom is -0.462 e. The van der Waals surface area contributed by atoms with Gasteiger partial charge in [-0.2, -0.15) is 10.1 Å². The van der Waals surface area contributed by atoms with Gasteiger partial charge in [0, 0.05) is 0 Å². The molecule has 4 aromatic rings. The molecule has 5 rings (SSSR count). The van der Waals surface area contributed by atoms with E-state index in [2.05, 4.69) is 20.0 Å². The van der Waals surface area contributed by atoms with E-state index in [1.54, 1.807) is 44.2 Å². The number of nitrogens with one attached hydrogen (secondary N) is 2. The van der Waals surface area contributed by atoms with E-state index in [1.807, 2.05) is 30.3 Å². The maximum absolute atomic E-state index is 14.2. The van der Waals surface area contributed by atoms with Gasteiger partial charge in [-0.1, -0.05) is 48.5 Å². The molecule has 3 heterocycles. The number of anilines is 1. The Morgan fingerprint density at radius 2 is 1.87 bits per heavy atom. The zero-order valence-corrected chi connectivity index (χ0v) is 25.8. The summed E-state index contributed by atoms with van der Waals surface area (Å²) in [6.45, 7) is 4.65. The van der Waals surface area contributed by atoms with Crippen molar-refractivity contribution in [2.24, 2.45) is 0 Å². The molecule has 240 valence electrons. The lowest BCUT2D eigenvalue weighted by Gasteiger charge is -2.30. The molecule has 1 aliphatic heterocycles. The summed E-state index contributed by atoms with van der Waals surface area (Å²) in [7, 11) is -4.25. The highest BCUT2D eigenvalue weighted by molar-refractivity contribution is 7.52. The molecule has 3 unspecified atom stereocenters. The van der Waals surface area contributed by atoms with Crippen molar-refractivity contribution in [3.63, 3.8) is 0 Å². The highest BCUT2D eigenvalue weighted by Crippen LogP contribution is 2.47. The van der Waals surface area contributed by atoms with Crippen molar-refractivity contribution in [3.8, 4) is 5.75 Å². The number of nitrogens with zero attached hydrogens (tertiary/aromatic N) is 3. The van der Waals surface area contributed by atoms with Gasteiger partial charge in [0.1, 0.15) is 23.7 Å². The van der Waals surface area contributed by atoms with E-state index in [1.165, 1.54) is 17.8 Å². The zero-order chi connectivity index (χ0) is 32.0. The molecule has 0 amide bonds. The normalized spacial score (nSPS) is 20.2. The van der Waals surface area contributed by atoms with E-state index >= 15 is 0 Å². The second-order valence-electron chi connectivity index (χ2n) is 10.7. The molecule has 16 heteroatoms. The quantitative estimate of drug-likeness (QED) is 0.134. The zero-order valence-electron chi connectivity index (χ0n) is 25.0. The average molecular weight is 643 g/mol. The molecule has 0 radical (unpaired) electrons. The lowest BCUT2D eigenvalue weighted by molar-refractivity contribution is -0.163. The molecule has 0 spiro atoms. The number of para-hydroxylation sites is 1. The number of fused-ring (bicyclic) bond motifs is 1. The van der Waals surface area contributed by atoms with E-state index in [4.69, 9.17) is 33.7 Å². The number of aromatic nitrogens is 4. The summed E-state index contributed by atoms with van der Waals surface area (Å²) in [5, 5.41) is 2.67. The van der Waals surface area contributed by atoms with Crippen LogP contribution in [0.5, 0.6) is 5.75 Å². The van der Waals surface area contributed by atoms with Crippen LogP contribution >= 0.6 is 7.75 Å². The number of H-pyrrole nitrogens is 1. The lowest BCUT2D eigenvalue weighted by Crippen LogP contribution is -2.44. The van der Waals surface area contributed by atoms with Crippen molar-refractivity contribution in [2.75, 3.05) is 25.6 Å². The number of nitrogen functional groups attached to an aromatic ring is 1. The van der Waals surface area contributed by atoms with Gasteiger partial charge >= 0.3 is 13.7 Å². The summed E-state index contributed by atoms with van der Waals surface area (Å²) in [5.41, 5.74) is 5.00. The van der Waals surface area contributed by atoms with E-state index in [-0.39, 0.29) is 55.4 Å². The maximum atomic E-state index is 14.2. The lowest BCUT2D eigenvalue weighted by atomic mass is 10.1. The molecule has 1 saturated heterocycles. The molecular weight excluding hydrogens is 607 g/mol. The molecule has 2 aromatic heterocycles. The summed E-state index contributed by atoms with van der Waals surface area (Å²) >= 11 is 0. The summed E-state index contributed by atoms with van der Waals surface area (Å²) in [6.07, 6.45) is -0.163. The number of nitrogens with two attached hydrogens (primary N) is 1. The van der Waals surface area contributed by atoms with Crippen LogP contribution in [0.1, 0.15) is 32.7 Å². The molecule has 45 heavy (non-hydrogen) atoms. The van der Waals surface area contributed by atoms with Gasteiger partial charge in [0.05, 0.1) is 32.5 Å². The number of rotatable bonds is 14. The van der Waals surface area contributed by atoms with Crippen molar-refractivity contribution in [1.29, 1.82) is 0 Å². The van der Waals surface area contributed by atoms with Gasteiger partial charge in [-0.25, -0.2) is 9.55 Å². The third-order valence-electron chi connectivity index (χ3n) is 6.52. The predicted molar refractivity (Wildman–Crippen MR) is 162 cm³/mol. The second kappa shape index (κ2) is 13.9. The number of imidazole rings is 1. The number of carbonyl (C=O) groups is 1. The Morgan fingerprint density at radius 1 is 1.16 bits per heavy atom. The van der Waals surface area contributed by atoms with Crippen molar-refractivity contribution in [3.05, 3.63) is 82.9 Å². The fraction of sp³-hybridized carbons (Fsp3) is 0.379. The first kappa shape index (κ1) is 32.3. The number of benzene rings is 2. The Bertz CT molecular complexity index is 1700. The largest absolute Gasteiger partial charge is 0.462 e. The Hall–Kier alpha value is -4.11. The standard InChI is InChI=1S/C29H35N6O9P/c1-19(2)42-26(37)20(3)34-45(38,44-22-12-8-5-9-13-22)41-17-29(15-39-14-21-10-6-4-7-11-21)16-40-28(43-29)35-18-31-23-24(35)32-27(30)33-25(23)36/h4-13,18-20,28H,14-17H2,1-3H3,(H,34,38)(H3,30,32,33,36)/t20?,28-,29?,45?/m1/s1. The summed E-state index contributed by atoms with van der Waals surface area (Å²) in [6, 6.07) is 16.8. The van der Waals surface area contributed by atoms with Gasteiger partial charge in [-0.3, -0.25) is 23.7 Å². The van der Waals surface area contributed by atoms with Crippen molar-refractivity contribution >= 4 is 30.8 Å². The monoisotopic (exact) mass is 642 g/mol. The van der Waals surface area contributed by atoms with Crippen LogP contribution in [0.25, 0.3) is 11.2 Å². The Balaban J connectivity index is 1.39. The minimum atomic E-state index is -4.25. The molecule has 4 N–H and O–H groups in total. The van der Waals surface area contributed by atoms with Gasteiger partial charge in [-0.05, 0) is 38.5 Å². The van der Waals surface area contributed by atoms with E-state index < -0.39 is 37.3 Å². The fourth-order valence-corrected chi connectivity index (χ4v) is 5.96. The van der Waals surface area contributed by atoms with E-state index in [0.717, 1.165) is 5.56 Å². The number of aromatic amines is 1. The predicted octanol–water partition coefficient (Wildman–Crippen LogP) is 3.29. The molecule has 2 aromatic carbocycles. The second-order valence-corrected chi connectivity index (χ2v) is 12.4. The Kier molecular flexibility index (Phi) is 9.97. The highest BCUT2D eigenvalue weighted by Gasteiger charge is 2.46. The van der Waals surface area contributed by atoms with Crippen LogP contribution in [0, 0.1) is 0 Å². The van der Waals surface area contributed by atoms with Crippen LogP contribution in [-0.2, 0) is 39.4 Å². The number of ether oxygens (including phenoxy) is 4. The Labute approximate surface area is 258 Å². The van der Waals surface area contributed by atoms with Crippen LogP contribution in [-0.4, -0.2) is 63.1 Å². The molecular formula is C29H35N6O9P. The van der Waals surface area contributed by atoms with Gasteiger partial charge in [-0.15, -0.1) is 0 Å². The molecule has 0 aliphatic carbocycles. The number of esters is 1. The minimum absolute atomic E-state index is 0.0395. The van der Waals surface area contributed by atoms with Crippen LogP contribution in [0.3, 0.4) is 0 Å². The van der Waals surface area contributed by atoms with Crippen molar-refractivity contribution in [2.45, 2.75) is 51.5 Å². The number of hydrogen-bond donors (Lipinski definition) is 3. The first-order valence-electron chi connectivity index (χ1n) is 14.2. The first-order chi connectivity index (χ1) is 21.5. The van der Waals surface area contributed by atoms with Crippen LogP contribution < -0.4 is 20.9 Å². The van der Waals surface area contributed by atoms with Gasteiger partial charge in [0.25, 0.3) is 5.56 Å². The maximum Gasteiger partial charge on any atom is 0.459 e. The summed E-state index contributed by atoms with van der Waals surface area (Å²) in [5.74, 6) is -0.503. The molecule has 0 saturated carbocycles. The molecule has 15 nitrogen and oxygen atoms in total. The van der Waals surface area contributed by atoms with Gasteiger partial charge < -0.3 is 29.2 Å². The summed E-state index contributed by atoms with van der Waals surface area (Å²) in [4.78, 5) is 35.6. The van der Waals surface area contributed by atoms with E-state index in [9.17, 15) is 14.2 Å². The molecule has 0 bridgehead atoms. The third kappa shape index (κ3) is 8.14. The van der Waals surface area contributed by atoms with Crippen molar-refractivity contribution in [1.82, 2.24) is 24.6 Å². The highest BCUT2D eigenvalue weighted by atomic mass is 31.2. The number of carbonyl (C=O) groups excluding carboxylic acids is 1. The molecule has 1 aliphatic rings. The van der Waals surface area contributed by atoms with Gasteiger partial charge in [0.15, 0.2) is 11.2 Å². The third-order valence-corrected chi connectivity index (χ3v) is 8.14. The molecule has 1 fully saturated rings.